The van der Waals surface area contributed by atoms with E-state index in [-0.39, 0.29) is 5.60 Å². The zero-order valence-electron chi connectivity index (χ0n) is 12.8. The maximum atomic E-state index is 5.55. The molecule has 0 aromatic heterocycles. The van der Waals surface area contributed by atoms with Crippen molar-refractivity contribution in [3.05, 3.63) is 0 Å². The fourth-order valence-corrected chi connectivity index (χ4v) is 2.17. The maximum Gasteiger partial charge on any atom is 0.0775 e. The van der Waals surface area contributed by atoms with Crippen LogP contribution in [0.3, 0.4) is 0 Å². The summed E-state index contributed by atoms with van der Waals surface area (Å²) in [4.78, 5) is 2.44. The van der Waals surface area contributed by atoms with Crippen molar-refractivity contribution in [3.8, 4) is 0 Å². The Morgan fingerprint density at radius 2 is 1.88 bits per heavy atom. The van der Waals surface area contributed by atoms with E-state index in [9.17, 15) is 0 Å². The van der Waals surface area contributed by atoms with Crippen molar-refractivity contribution in [3.63, 3.8) is 0 Å². The molecule has 0 bridgehead atoms. The van der Waals surface area contributed by atoms with Crippen LogP contribution in [0.15, 0.2) is 0 Å². The van der Waals surface area contributed by atoms with Gasteiger partial charge in [-0.05, 0) is 54.3 Å². The molecule has 0 radical (unpaired) electrons. The van der Waals surface area contributed by atoms with Crippen LogP contribution in [0.4, 0.5) is 0 Å². The predicted octanol–water partition coefficient (Wildman–Crippen LogP) is 2.51. The van der Waals surface area contributed by atoms with Crippen LogP contribution in [0.25, 0.3) is 0 Å². The van der Waals surface area contributed by atoms with Gasteiger partial charge in [-0.15, -0.1) is 0 Å². The highest BCUT2D eigenvalue weighted by Crippen LogP contribution is 2.17. The van der Waals surface area contributed by atoms with Crippen molar-refractivity contribution < 1.29 is 4.74 Å². The van der Waals surface area contributed by atoms with Crippen LogP contribution >= 0.6 is 0 Å². The number of methoxy groups -OCH3 is 1. The highest BCUT2D eigenvalue weighted by Gasteiger charge is 2.28. The fourth-order valence-electron chi connectivity index (χ4n) is 2.17. The van der Waals surface area contributed by atoms with Gasteiger partial charge in [-0.3, -0.25) is 0 Å². The Morgan fingerprint density at radius 3 is 2.29 bits per heavy atom. The summed E-state index contributed by atoms with van der Waals surface area (Å²) in [5.41, 5.74) is -0.108. The van der Waals surface area contributed by atoms with E-state index in [0.29, 0.717) is 12.1 Å². The van der Waals surface area contributed by atoms with E-state index < -0.39 is 0 Å². The molecule has 0 aliphatic rings. The molecule has 0 fully saturated rings. The second-order valence-corrected chi connectivity index (χ2v) is 5.56. The molecule has 3 heteroatoms. The number of likely N-dealkylation sites (N-methyl/N-ethyl adjacent to an activating group) is 1. The molecule has 0 saturated heterocycles. The molecule has 0 spiro atoms. The number of ether oxygens (including phenoxy) is 1. The summed E-state index contributed by atoms with van der Waals surface area (Å²) in [6, 6.07) is 1.06. The zero-order chi connectivity index (χ0) is 13.5. The van der Waals surface area contributed by atoms with Gasteiger partial charge < -0.3 is 15.0 Å². The van der Waals surface area contributed by atoms with Gasteiger partial charge in [0.15, 0.2) is 0 Å². The molecule has 0 aliphatic heterocycles. The molecule has 0 aromatic carbocycles. The summed E-state index contributed by atoms with van der Waals surface area (Å²) in [5, 5.41) is 3.37. The van der Waals surface area contributed by atoms with E-state index in [2.05, 4.69) is 45.0 Å². The molecule has 0 amide bonds. The zero-order valence-corrected chi connectivity index (χ0v) is 12.8. The monoisotopic (exact) mass is 244 g/mol. The molecule has 1 N–H and O–H groups in total. The lowest BCUT2D eigenvalue weighted by atomic mass is 9.95. The van der Waals surface area contributed by atoms with Crippen molar-refractivity contribution in [1.82, 2.24) is 10.2 Å². The minimum atomic E-state index is -0.108. The molecule has 17 heavy (non-hydrogen) atoms. The first-order valence-electron chi connectivity index (χ1n) is 6.81. The molecule has 2 unspecified atom stereocenters. The van der Waals surface area contributed by atoms with Crippen LogP contribution in [0.2, 0.25) is 0 Å². The molecule has 3 nitrogen and oxygen atoms in total. The summed E-state index contributed by atoms with van der Waals surface area (Å²) in [5.74, 6) is 0. The number of rotatable bonds is 9. The number of nitrogens with one attached hydrogen (secondary N) is 1. The van der Waals surface area contributed by atoms with E-state index in [1.165, 1.54) is 12.8 Å². The highest BCUT2D eigenvalue weighted by atomic mass is 16.5. The second kappa shape index (κ2) is 8.06. The lowest BCUT2D eigenvalue weighted by molar-refractivity contribution is -0.0130. The van der Waals surface area contributed by atoms with Crippen LogP contribution in [0.1, 0.15) is 47.0 Å². The first-order chi connectivity index (χ1) is 7.88. The molecule has 0 aromatic rings. The van der Waals surface area contributed by atoms with Gasteiger partial charge in [0.2, 0.25) is 0 Å². The Morgan fingerprint density at radius 1 is 1.29 bits per heavy atom. The predicted molar refractivity (Wildman–Crippen MR) is 75.6 cm³/mol. The Kier molecular flexibility index (Phi) is 8.01. The third-order valence-electron chi connectivity index (χ3n) is 3.94. The lowest BCUT2D eigenvalue weighted by Crippen LogP contribution is -2.48. The van der Waals surface area contributed by atoms with E-state index in [4.69, 9.17) is 4.74 Å². The Hall–Kier alpha value is -0.120. The van der Waals surface area contributed by atoms with Crippen LogP contribution in [-0.2, 0) is 4.74 Å². The molecule has 2 atom stereocenters. The Balaban J connectivity index is 4.15. The first kappa shape index (κ1) is 16.9. The SMILES string of the molecule is CCCC(C)N(C)CCC(NC)C(C)(C)OC. The van der Waals surface area contributed by atoms with Gasteiger partial charge in [0, 0.05) is 19.2 Å². The van der Waals surface area contributed by atoms with Crippen LogP contribution in [-0.4, -0.2) is 50.3 Å². The third-order valence-corrected chi connectivity index (χ3v) is 3.94. The van der Waals surface area contributed by atoms with E-state index in [1.807, 2.05) is 7.05 Å². The number of hydrogen-bond acceptors (Lipinski definition) is 3. The quantitative estimate of drug-likeness (QED) is 0.674. The summed E-state index contributed by atoms with van der Waals surface area (Å²) < 4.78 is 5.55. The van der Waals surface area contributed by atoms with Crippen molar-refractivity contribution in [2.45, 2.75) is 64.6 Å². The van der Waals surface area contributed by atoms with Gasteiger partial charge in [-0.25, -0.2) is 0 Å². The highest BCUT2D eigenvalue weighted by molar-refractivity contribution is 4.85. The minimum absolute atomic E-state index is 0.108. The Bertz CT molecular complexity index is 195. The van der Waals surface area contributed by atoms with E-state index >= 15 is 0 Å². The molecule has 0 rings (SSSR count). The molecule has 0 aliphatic carbocycles. The van der Waals surface area contributed by atoms with Crippen molar-refractivity contribution in [2.24, 2.45) is 0 Å². The van der Waals surface area contributed by atoms with Crippen molar-refractivity contribution in [2.75, 3.05) is 27.7 Å². The average molecular weight is 244 g/mol. The topological polar surface area (TPSA) is 24.5 Å². The van der Waals surface area contributed by atoms with Crippen molar-refractivity contribution in [1.29, 1.82) is 0 Å². The van der Waals surface area contributed by atoms with Crippen LogP contribution < -0.4 is 5.32 Å². The first-order valence-corrected chi connectivity index (χ1v) is 6.81. The van der Waals surface area contributed by atoms with E-state index in [0.717, 1.165) is 13.0 Å². The van der Waals surface area contributed by atoms with Gasteiger partial charge in [-0.2, -0.15) is 0 Å². The van der Waals surface area contributed by atoms with Gasteiger partial charge in [-0.1, -0.05) is 13.3 Å². The lowest BCUT2D eigenvalue weighted by Gasteiger charge is -2.35. The summed E-state index contributed by atoms with van der Waals surface area (Å²) in [6.45, 7) is 9.95. The smallest absolute Gasteiger partial charge is 0.0775 e. The largest absolute Gasteiger partial charge is 0.377 e. The molecular formula is C14H32N2O. The minimum Gasteiger partial charge on any atom is -0.377 e. The van der Waals surface area contributed by atoms with Gasteiger partial charge in [0.1, 0.15) is 0 Å². The van der Waals surface area contributed by atoms with Gasteiger partial charge >= 0.3 is 0 Å². The molecule has 0 saturated carbocycles. The molecule has 0 heterocycles. The van der Waals surface area contributed by atoms with Crippen LogP contribution in [0, 0.1) is 0 Å². The summed E-state index contributed by atoms with van der Waals surface area (Å²) >= 11 is 0. The molecular weight excluding hydrogens is 212 g/mol. The maximum absolute atomic E-state index is 5.55. The van der Waals surface area contributed by atoms with Crippen molar-refractivity contribution >= 4 is 0 Å². The summed E-state index contributed by atoms with van der Waals surface area (Å²) in [6.07, 6.45) is 3.64. The Labute approximate surface area is 108 Å². The summed E-state index contributed by atoms with van der Waals surface area (Å²) in [7, 11) is 6.02. The normalized spacial score (nSPS) is 16.2. The van der Waals surface area contributed by atoms with Crippen LogP contribution in [0.5, 0.6) is 0 Å². The molecule has 104 valence electrons. The number of nitrogens with zero attached hydrogens (tertiary/aromatic N) is 1. The number of hydrogen-bond donors (Lipinski definition) is 1. The fraction of sp³-hybridized carbons (Fsp3) is 1.00. The van der Waals surface area contributed by atoms with E-state index in [1.54, 1.807) is 7.11 Å². The van der Waals surface area contributed by atoms with Gasteiger partial charge in [0.05, 0.1) is 5.60 Å². The standard InChI is InChI=1S/C14H32N2O/c1-8-9-12(2)16(6)11-10-13(15-5)14(3,4)17-7/h12-13,15H,8-11H2,1-7H3. The third kappa shape index (κ3) is 5.84. The average Bonchev–Trinajstić information content (AvgIpc) is 2.29. The second-order valence-electron chi connectivity index (χ2n) is 5.56. The van der Waals surface area contributed by atoms with Gasteiger partial charge in [0.25, 0.3) is 0 Å².